The molecule has 4 N–H and O–H groups in total. The van der Waals surface area contributed by atoms with Gasteiger partial charge in [0.15, 0.2) is 0 Å². The minimum atomic E-state index is -0.999. The summed E-state index contributed by atoms with van der Waals surface area (Å²) in [4.78, 5) is 17.6. The van der Waals surface area contributed by atoms with Gasteiger partial charge in [0, 0.05) is 6.54 Å². The SMILES string of the molecule is CC(O)(CCNc1ncc([N+](=O)[O-])c(N)n1)c1ccccc1. The summed E-state index contributed by atoms with van der Waals surface area (Å²) < 4.78 is 0. The van der Waals surface area contributed by atoms with E-state index >= 15 is 0 Å². The maximum atomic E-state index is 10.6. The molecule has 0 aliphatic carbocycles. The van der Waals surface area contributed by atoms with Crippen molar-refractivity contribution < 1.29 is 10.0 Å². The molecule has 0 amide bonds. The number of nitrogens with zero attached hydrogens (tertiary/aromatic N) is 3. The molecule has 0 radical (unpaired) electrons. The van der Waals surface area contributed by atoms with E-state index in [4.69, 9.17) is 5.73 Å². The molecule has 1 aromatic carbocycles. The molecule has 1 heterocycles. The zero-order valence-electron chi connectivity index (χ0n) is 12.1. The highest BCUT2D eigenvalue weighted by atomic mass is 16.6. The van der Waals surface area contributed by atoms with Crippen LogP contribution in [0.5, 0.6) is 0 Å². The van der Waals surface area contributed by atoms with Gasteiger partial charge >= 0.3 is 5.69 Å². The Bertz CT molecular complexity index is 661. The molecule has 1 aromatic heterocycles. The number of nitrogen functional groups attached to an aromatic ring is 1. The van der Waals surface area contributed by atoms with Crippen molar-refractivity contribution in [1.29, 1.82) is 0 Å². The minimum absolute atomic E-state index is 0.187. The lowest BCUT2D eigenvalue weighted by Crippen LogP contribution is -2.25. The van der Waals surface area contributed by atoms with Crippen molar-refractivity contribution in [1.82, 2.24) is 9.97 Å². The average molecular weight is 303 g/mol. The van der Waals surface area contributed by atoms with Crippen LogP contribution in [-0.2, 0) is 5.60 Å². The average Bonchev–Trinajstić information content (AvgIpc) is 2.47. The van der Waals surface area contributed by atoms with E-state index in [9.17, 15) is 15.2 Å². The van der Waals surface area contributed by atoms with Crippen LogP contribution in [0.2, 0.25) is 0 Å². The van der Waals surface area contributed by atoms with Crippen molar-refractivity contribution in [3.8, 4) is 0 Å². The first-order valence-electron chi connectivity index (χ1n) is 6.69. The Balaban J connectivity index is 1.96. The van der Waals surface area contributed by atoms with Gasteiger partial charge in [0.05, 0.1) is 10.5 Å². The molecular formula is C14H17N5O3. The summed E-state index contributed by atoms with van der Waals surface area (Å²) in [6.45, 7) is 2.11. The number of rotatable bonds is 6. The first-order valence-corrected chi connectivity index (χ1v) is 6.69. The Morgan fingerprint density at radius 2 is 2.09 bits per heavy atom. The highest BCUT2D eigenvalue weighted by molar-refractivity contribution is 5.53. The fraction of sp³-hybridized carbons (Fsp3) is 0.286. The quantitative estimate of drug-likeness (QED) is 0.547. The number of hydrogen-bond donors (Lipinski definition) is 3. The number of nitro groups is 1. The first kappa shape index (κ1) is 15.6. The van der Waals surface area contributed by atoms with Crippen LogP contribution in [-0.4, -0.2) is 26.5 Å². The third-order valence-electron chi connectivity index (χ3n) is 3.29. The van der Waals surface area contributed by atoms with E-state index in [1.807, 2.05) is 30.3 Å². The largest absolute Gasteiger partial charge is 0.385 e. The highest BCUT2D eigenvalue weighted by Crippen LogP contribution is 2.24. The summed E-state index contributed by atoms with van der Waals surface area (Å²) in [5, 5.41) is 24.0. The van der Waals surface area contributed by atoms with Gasteiger partial charge in [-0.25, -0.2) is 4.98 Å². The van der Waals surface area contributed by atoms with Gasteiger partial charge in [0.1, 0.15) is 6.20 Å². The maximum absolute atomic E-state index is 10.6. The first-order chi connectivity index (χ1) is 10.4. The van der Waals surface area contributed by atoms with Gasteiger partial charge in [-0.15, -0.1) is 0 Å². The molecule has 0 fully saturated rings. The molecule has 1 atom stereocenters. The van der Waals surface area contributed by atoms with Gasteiger partial charge in [0.25, 0.3) is 0 Å². The van der Waals surface area contributed by atoms with E-state index in [0.717, 1.165) is 11.8 Å². The Morgan fingerprint density at radius 3 is 2.68 bits per heavy atom. The zero-order valence-corrected chi connectivity index (χ0v) is 12.1. The molecule has 2 rings (SSSR count). The van der Waals surface area contributed by atoms with Crippen molar-refractivity contribution in [3.63, 3.8) is 0 Å². The molecule has 2 aromatic rings. The molecule has 22 heavy (non-hydrogen) atoms. The second kappa shape index (κ2) is 6.35. The minimum Gasteiger partial charge on any atom is -0.385 e. The lowest BCUT2D eigenvalue weighted by molar-refractivity contribution is -0.384. The normalized spacial score (nSPS) is 13.4. The number of nitrogens with one attached hydrogen (secondary N) is 1. The molecule has 0 spiro atoms. The fourth-order valence-corrected chi connectivity index (χ4v) is 1.97. The molecule has 0 saturated carbocycles. The lowest BCUT2D eigenvalue weighted by atomic mass is 9.93. The van der Waals surface area contributed by atoms with E-state index in [2.05, 4.69) is 15.3 Å². The standard InChI is InChI=1S/C14H17N5O3/c1-14(20,10-5-3-2-4-6-10)7-8-16-13-17-9-11(19(21)22)12(15)18-13/h2-6,9,20H,7-8H2,1H3,(H3,15,16,17,18). The summed E-state index contributed by atoms with van der Waals surface area (Å²) in [5.41, 5.74) is 4.96. The van der Waals surface area contributed by atoms with E-state index in [-0.39, 0.29) is 17.5 Å². The zero-order chi connectivity index (χ0) is 16.2. The van der Waals surface area contributed by atoms with Gasteiger partial charge < -0.3 is 16.2 Å². The summed E-state index contributed by atoms with van der Waals surface area (Å²) >= 11 is 0. The molecule has 0 aliphatic rings. The van der Waals surface area contributed by atoms with Crippen LogP contribution in [0.4, 0.5) is 17.5 Å². The Labute approximate surface area is 127 Å². The number of anilines is 2. The molecule has 8 nitrogen and oxygen atoms in total. The van der Waals surface area contributed by atoms with Crippen molar-refractivity contribution in [3.05, 3.63) is 52.2 Å². The molecule has 8 heteroatoms. The van der Waals surface area contributed by atoms with Crippen molar-refractivity contribution in [2.45, 2.75) is 18.9 Å². The number of nitrogens with two attached hydrogens (primary N) is 1. The van der Waals surface area contributed by atoms with Gasteiger partial charge in [-0.05, 0) is 18.9 Å². The Hall–Kier alpha value is -2.74. The predicted octanol–water partition coefficient (Wildman–Crippen LogP) is 1.68. The summed E-state index contributed by atoms with van der Waals surface area (Å²) in [7, 11) is 0. The second-order valence-electron chi connectivity index (χ2n) is 5.04. The topological polar surface area (TPSA) is 127 Å². The van der Waals surface area contributed by atoms with E-state index in [0.29, 0.717) is 13.0 Å². The van der Waals surface area contributed by atoms with E-state index in [1.54, 1.807) is 6.92 Å². The predicted molar refractivity (Wildman–Crippen MR) is 82.2 cm³/mol. The molecule has 0 saturated heterocycles. The molecule has 1 unspecified atom stereocenters. The number of hydrogen-bond acceptors (Lipinski definition) is 7. The van der Waals surface area contributed by atoms with E-state index in [1.165, 1.54) is 0 Å². The molecular weight excluding hydrogens is 286 g/mol. The van der Waals surface area contributed by atoms with Crippen LogP contribution in [0, 0.1) is 10.1 Å². The molecule has 0 bridgehead atoms. The third-order valence-corrected chi connectivity index (χ3v) is 3.29. The van der Waals surface area contributed by atoms with Crippen molar-refractivity contribution in [2.75, 3.05) is 17.6 Å². The number of benzene rings is 1. The van der Waals surface area contributed by atoms with Gasteiger partial charge in [-0.1, -0.05) is 30.3 Å². The smallest absolute Gasteiger partial charge is 0.329 e. The number of aliphatic hydroxyl groups is 1. The van der Waals surface area contributed by atoms with Gasteiger partial charge in [0.2, 0.25) is 11.8 Å². The van der Waals surface area contributed by atoms with Crippen LogP contribution >= 0.6 is 0 Å². The maximum Gasteiger partial charge on any atom is 0.329 e. The van der Waals surface area contributed by atoms with Crippen LogP contribution in [0.15, 0.2) is 36.5 Å². The van der Waals surface area contributed by atoms with Crippen LogP contribution in [0.3, 0.4) is 0 Å². The summed E-state index contributed by atoms with van der Waals surface area (Å²) in [6, 6.07) is 9.29. The van der Waals surface area contributed by atoms with E-state index < -0.39 is 10.5 Å². The van der Waals surface area contributed by atoms with Crippen LogP contribution in [0.1, 0.15) is 18.9 Å². The van der Waals surface area contributed by atoms with Gasteiger partial charge in [-0.2, -0.15) is 4.98 Å². The second-order valence-corrected chi connectivity index (χ2v) is 5.04. The van der Waals surface area contributed by atoms with Gasteiger partial charge in [-0.3, -0.25) is 10.1 Å². The Kier molecular flexibility index (Phi) is 4.52. The monoisotopic (exact) mass is 303 g/mol. The van der Waals surface area contributed by atoms with Crippen LogP contribution < -0.4 is 11.1 Å². The Morgan fingerprint density at radius 1 is 1.41 bits per heavy atom. The number of aromatic nitrogens is 2. The van der Waals surface area contributed by atoms with Crippen molar-refractivity contribution in [2.24, 2.45) is 0 Å². The lowest BCUT2D eigenvalue weighted by Gasteiger charge is -2.23. The third kappa shape index (κ3) is 3.67. The summed E-state index contributed by atoms with van der Waals surface area (Å²) in [5.74, 6) is -0.00992. The van der Waals surface area contributed by atoms with Crippen LogP contribution in [0.25, 0.3) is 0 Å². The summed E-state index contributed by atoms with van der Waals surface area (Å²) in [6.07, 6.45) is 1.47. The fourth-order valence-electron chi connectivity index (χ4n) is 1.97. The molecule has 0 aliphatic heterocycles. The molecule has 116 valence electrons. The highest BCUT2D eigenvalue weighted by Gasteiger charge is 2.22. The van der Waals surface area contributed by atoms with Crippen molar-refractivity contribution >= 4 is 17.5 Å².